The van der Waals surface area contributed by atoms with Crippen molar-refractivity contribution in [1.82, 2.24) is 5.32 Å². The van der Waals surface area contributed by atoms with Crippen LogP contribution in [0, 0.1) is 0 Å². The molecule has 0 fully saturated rings. The van der Waals surface area contributed by atoms with Crippen molar-refractivity contribution in [2.24, 2.45) is 4.99 Å². The van der Waals surface area contributed by atoms with E-state index in [-0.39, 0.29) is 18.6 Å². The summed E-state index contributed by atoms with van der Waals surface area (Å²) in [7, 11) is 0. The van der Waals surface area contributed by atoms with Crippen LogP contribution in [0.2, 0.25) is 0 Å². The van der Waals surface area contributed by atoms with Gasteiger partial charge in [-0.15, -0.1) is 0 Å². The molecule has 4 rings (SSSR count). The average Bonchev–Trinajstić information content (AvgIpc) is 3.26. The van der Waals surface area contributed by atoms with Crippen LogP contribution in [0.5, 0.6) is 17.2 Å². The zero-order valence-corrected chi connectivity index (χ0v) is 17.5. The molecule has 3 aromatic carbocycles. The van der Waals surface area contributed by atoms with Crippen LogP contribution in [0.4, 0.5) is 5.69 Å². The number of para-hydroxylation sites is 2. The first kappa shape index (κ1) is 20.6. The Kier molecular flexibility index (Phi) is 6.57. The molecule has 1 unspecified atom stereocenters. The summed E-state index contributed by atoms with van der Waals surface area (Å²) in [6.45, 7) is 2.85. The number of hydrogen-bond donors (Lipinski definition) is 3. The number of aryl methyl sites for hydroxylation is 1. The van der Waals surface area contributed by atoms with Crippen molar-refractivity contribution in [2.75, 3.05) is 12.1 Å². The number of aliphatic imine (C=N–C) groups is 1. The second-order valence-electron chi connectivity index (χ2n) is 7.56. The monoisotopic (exact) mass is 417 g/mol. The van der Waals surface area contributed by atoms with Crippen molar-refractivity contribution in [3.05, 3.63) is 83.9 Å². The average molecular weight is 418 g/mol. The van der Waals surface area contributed by atoms with Crippen molar-refractivity contribution in [3.63, 3.8) is 0 Å². The van der Waals surface area contributed by atoms with Crippen molar-refractivity contribution in [1.29, 1.82) is 0 Å². The van der Waals surface area contributed by atoms with Crippen LogP contribution in [-0.2, 0) is 13.0 Å². The second kappa shape index (κ2) is 9.89. The van der Waals surface area contributed by atoms with Gasteiger partial charge in [0.1, 0.15) is 5.75 Å². The molecule has 0 aliphatic carbocycles. The second-order valence-corrected chi connectivity index (χ2v) is 7.56. The van der Waals surface area contributed by atoms with E-state index in [1.165, 1.54) is 5.56 Å². The highest BCUT2D eigenvalue weighted by atomic mass is 16.7. The van der Waals surface area contributed by atoms with Gasteiger partial charge in [-0.25, -0.2) is 4.99 Å². The summed E-state index contributed by atoms with van der Waals surface area (Å²) in [6.07, 6.45) is 1.93. The van der Waals surface area contributed by atoms with Crippen molar-refractivity contribution in [2.45, 2.75) is 32.4 Å². The number of guanidine groups is 1. The number of nitrogens with one attached hydrogen (secondary N) is 2. The van der Waals surface area contributed by atoms with E-state index in [9.17, 15) is 5.11 Å². The minimum Gasteiger partial charge on any atom is -0.506 e. The fourth-order valence-electron chi connectivity index (χ4n) is 3.37. The fourth-order valence-corrected chi connectivity index (χ4v) is 3.37. The summed E-state index contributed by atoms with van der Waals surface area (Å²) in [6, 6.07) is 23.6. The Labute approximate surface area is 182 Å². The maximum Gasteiger partial charge on any atom is 0.231 e. The molecule has 0 bridgehead atoms. The van der Waals surface area contributed by atoms with Crippen LogP contribution >= 0.6 is 0 Å². The highest BCUT2D eigenvalue weighted by Crippen LogP contribution is 2.32. The summed E-state index contributed by atoms with van der Waals surface area (Å²) in [5.74, 6) is 2.29. The van der Waals surface area contributed by atoms with Gasteiger partial charge in [-0.05, 0) is 55.2 Å². The third-order valence-electron chi connectivity index (χ3n) is 5.11. The maximum atomic E-state index is 10.2. The van der Waals surface area contributed by atoms with Gasteiger partial charge in [-0.3, -0.25) is 0 Å². The molecule has 1 atom stereocenters. The topological polar surface area (TPSA) is 75.1 Å². The quantitative estimate of drug-likeness (QED) is 0.295. The Balaban J connectivity index is 1.45. The fraction of sp³-hybridized carbons (Fsp3) is 0.240. The van der Waals surface area contributed by atoms with Gasteiger partial charge in [0.15, 0.2) is 17.5 Å². The minimum absolute atomic E-state index is 0.178. The molecule has 31 heavy (non-hydrogen) atoms. The molecule has 6 heteroatoms. The zero-order chi connectivity index (χ0) is 21.5. The number of anilines is 1. The van der Waals surface area contributed by atoms with Crippen molar-refractivity contribution < 1.29 is 14.6 Å². The van der Waals surface area contributed by atoms with E-state index < -0.39 is 0 Å². The standard InChI is InChI=1S/C25H27N3O3/c1-18(11-12-19-7-3-2-4-8-19)27-25(28-21-9-5-6-10-22(21)29)26-16-20-13-14-23-24(15-20)31-17-30-23/h2-10,13-15,18,29H,11-12,16-17H2,1H3,(H2,26,27,28). The number of fused-ring (bicyclic) bond motifs is 1. The predicted octanol–water partition coefficient (Wildman–Crippen LogP) is 4.70. The number of ether oxygens (including phenoxy) is 2. The van der Waals surface area contributed by atoms with Gasteiger partial charge >= 0.3 is 0 Å². The maximum absolute atomic E-state index is 10.2. The van der Waals surface area contributed by atoms with Crippen LogP contribution in [0.15, 0.2) is 77.8 Å². The molecule has 1 heterocycles. The first-order valence-corrected chi connectivity index (χ1v) is 10.5. The molecular formula is C25H27N3O3. The molecular weight excluding hydrogens is 390 g/mol. The van der Waals surface area contributed by atoms with Crippen LogP contribution in [-0.4, -0.2) is 23.9 Å². The molecule has 0 aromatic heterocycles. The molecule has 0 saturated heterocycles. The molecule has 6 nitrogen and oxygen atoms in total. The molecule has 0 saturated carbocycles. The number of phenols is 1. The third kappa shape index (κ3) is 5.69. The van der Waals surface area contributed by atoms with Gasteiger partial charge in [-0.2, -0.15) is 0 Å². The van der Waals surface area contributed by atoms with Gasteiger partial charge in [-0.1, -0.05) is 48.5 Å². The van der Waals surface area contributed by atoms with E-state index >= 15 is 0 Å². The summed E-state index contributed by atoms with van der Waals surface area (Å²) in [5, 5.41) is 16.9. The lowest BCUT2D eigenvalue weighted by atomic mass is 10.1. The smallest absolute Gasteiger partial charge is 0.231 e. The molecule has 0 spiro atoms. The molecule has 160 valence electrons. The Hall–Kier alpha value is -3.67. The predicted molar refractivity (Wildman–Crippen MR) is 123 cm³/mol. The number of phenolic OH excluding ortho intramolecular Hbond substituents is 1. The highest BCUT2D eigenvalue weighted by Gasteiger charge is 2.13. The molecule has 0 amide bonds. The largest absolute Gasteiger partial charge is 0.506 e. The molecule has 1 aliphatic heterocycles. The first-order chi connectivity index (χ1) is 15.2. The van der Waals surface area contributed by atoms with Gasteiger partial charge < -0.3 is 25.2 Å². The summed E-state index contributed by atoms with van der Waals surface area (Å²) < 4.78 is 10.8. The number of benzene rings is 3. The van der Waals surface area contributed by atoms with E-state index in [0.717, 1.165) is 29.9 Å². The van der Waals surface area contributed by atoms with E-state index in [0.29, 0.717) is 18.2 Å². The van der Waals surface area contributed by atoms with E-state index in [1.807, 2.05) is 36.4 Å². The van der Waals surface area contributed by atoms with Crippen LogP contribution < -0.4 is 20.1 Å². The third-order valence-corrected chi connectivity index (χ3v) is 5.11. The van der Waals surface area contributed by atoms with Crippen molar-refractivity contribution in [3.8, 4) is 17.2 Å². The molecule has 3 aromatic rings. The summed E-state index contributed by atoms with van der Waals surface area (Å²) in [5.41, 5.74) is 2.93. The normalized spacial score (nSPS) is 13.6. The van der Waals surface area contributed by atoms with Gasteiger partial charge in [0.2, 0.25) is 6.79 Å². The Morgan fingerprint density at radius 2 is 1.74 bits per heavy atom. The van der Waals surface area contributed by atoms with Gasteiger partial charge in [0, 0.05) is 6.04 Å². The number of nitrogens with zero attached hydrogens (tertiary/aromatic N) is 1. The molecule has 3 N–H and O–H groups in total. The van der Waals surface area contributed by atoms with Crippen molar-refractivity contribution >= 4 is 11.6 Å². The van der Waals surface area contributed by atoms with E-state index in [1.54, 1.807) is 12.1 Å². The Bertz CT molecular complexity index is 1040. The molecule has 1 aliphatic rings. The SMILES string of the molecule is CC(CCc1ccccc1)NC(=NCc1ccc2c(c1)OCO2)Nc1ccccc1O. The van der Waals surface area contributed by atoms with E-state index in [2.05, 4.69) is 41.8 Å². The molecule has 0 radical (unpaired) electrons. The van der Waals surface area contributed by atoms with Gasteiger partial charge in [0.25, 0.3) is 0 Å². The summed E-state index contributed by atoms with van der Waals surface area (Å²) in [4.78, 5) is 4.74. The van der Waals surface area contributed by atoms with Crippen LogP contribution in [0.1, 0.15) is 24.5 Å². The van der Waals surface area contributed by atoms with Gasteiger partial charge in [0.05, 0.1) is 12.2 Å². The summed E-state index contributed by atoms with van der Waals surface area (Å²) >= 11 is 0. The number of rotatable bonds is 7. The number of hydrogen-bond acceptors (Lipinski definition) is 4. The van der Waals surface area contributed by atoms with Crippen LogP contribution in [0.3, 0.4) is 0 Å². The first-order valence-electron chi connectivity index (χ1n) is 10.5. The minimum atomic E-state index is 0.178. The lowest BCUT2D eigenvalue weighted by molar-refractivity contribution is 0.174. The highest BCUT2D eigenvalue weighted by molar-refractivity contribution is 5.95. The van der Waals surface area contributed by atoms with Crippen LogP contribution in [0.25, 0.3) is 0 Å². The Morgan fingerprint density at radius 3 is 2.58 bits per heavy atom. The zero-order valence-electron chi connectivity index (χ0n) is 17.5. The number of aromatic hydroxyl groups is 1. The lowest BCUT2D eigenvalue weighted by Gasteiger charge is -2.19. The Morgan fingerprint density at radius 1 is 0.968 bits per heavy atom. The van der Waals surface area contributed by atoms with E-state index in [4.69, 9.17) is 14.5 Å². The lowest BCUT2D eigenvalue weighted by Crippen LogP contribution is -2.38.